The Labute approximate surface area is 157 Å². The van der Waals surface area contributed by atoms with Crippen molar-refractivity contribution in [3.05, 3.63) is 88.2 Å². The zero-order valence-electron chi connectivity index (χ0n) is 15.2. The number of benzene rings is 3. The van der Waals surface area contributed by atoms with E-state index in [1.807, 2.05) is 19.1 Å². The maximum Gasteiger partial charge on any atom is 0.307 e. The van der Waals surface area contributed by atoms with Crippen LogP contribution >= 0.6 is 0 Å². The Hall–Kier alpha value is -3.20. The van der Waals surface area contributed by atoms with Crippen molar-refractivity contribution in [2.75, 3.05) is 0 Å². The number of aryl methyl sites for hydroxylation is 1. The van der Waals surface area contributed by atoms with Crippen molar-refractivity contribution in [2.24, 2.45) is 0 Å². The molecule has 0 bridgehead atoms. The van der Waals surface area contributed by atoms with Crippen molar-refractivity contribution in [1.82, 2.24) is 0 Å². The molecule has 1 aliphatic carbocycles. The number of halogens is 1. The molecule has 0 atom stereocenters. The average molecular weight is 358 g/mol. The van der Waals surface area contributed by atoms with Crippen LogP contribution in [0, 0.1) is 12.7 Å². The SMILES string of the molecule is CC1=C(CC(=O)O)c2cc(F)ccc2/C1=C\c1ccc(C)c2ccccc12. The summed E-state index contributed by atoms with van der Waals surface area (Å²) in [7, 11) is 0. The number of hydrogen-bond acceptors (Lipinski definition) is 1. The lowest BCUT2D eigenvalue weighted by Gasteiger charge is -2.09. The number of carboxylic acid groups (broad SMARTS) is 1. The van der Waals surface area contributed by atoms with Crippen molar-refractivity contribution in [3.63, 3.8) is 0 Å². The molecule has 0 fully saturated rings. The molecule has 0 amide bonds. The van der Waals surface area contributed by atoms with Gasteiger partial charge >= 0.3 is 5.97 Å². The lowest BCUT2D eigenvalue weighted by molar-refractivity contribution is -0.135. The largest absolute Gasteiger partial charge is 0.481 e. The van der Waals surface area contributed by atoms with E-state index in [1.165, 1.54) is 23.1 Å². The first-order valence-corrected chi connectivity index (χ1v) is 8.88. The van der Waals surface area contributed by atoms with Gasteiger partial charge in [-0.05, 0) is 81.8 Å². The van der Waals surface area contributed by atoms with Crippen LogP contribution in [0.25, 0.3) is 28.0 Å². The molecule has 2 nitrogen and oxygen atoms in total. The standard InChI is InChI=1S/C24H19FO2/c1-14-7-8-16(19-6-4-3-5-18(14)19)11-21-15(2)22(13-24(26)27)23-12-17(25)9-10-20(21)23/h3-12H,13H2,1-2H3,(H,26,27)/b21-11-. The highest BCUT2D eigenvalue weighted by Gasteiger charge is 2.25. The Morgan fingerprint density at radius 1 is 1.00 bits per heavy atom. The fourth-order valence-corrected chi connectivity index (χ4v) is 3.89. The number of rotatable bonds is 3. The van der Waals surface area contributed by atoms with Gasteiger partial charge < -0.3 is 5.11 Å². The summed E-state index contributed by atoms with van der Waals surface area (Å²) >= 11 is 0. The third kappa shape index (κ3) is 2.95. The molecule has 0 heterocycles. The first kappa shape index (κ1) is 17.2. The van der Waals surface area contributed by atoms with E-state index in [9.17, 15) is 14.3 Å². The van der Waals surface area contributed by atoms with Gasteiger partial charge in [-0.15, -0.1) is 0 Å². The van der Waals surface area contributed by atoms with Gasteiger partial charge in [-0.25, -0.2) is 4.39 Å². The highest BCUT2D eigenvalue weighted by molar-refractivity contribution is 6.09. The van der Waals surface area contributed by atoms with Gasteiger partial charge in [0.25, 0.3) is 0 Å². The minimum Gasteiger partial charge on any atom is -0.481 e. The van der Waals surface area contributed by atoms with Gasteiger partial charge in [0, 0.05) is 0 Å². The van der Waals surface area contributed by atoms with Crippen molar-refractivity contribution in [1.29, 1.82) is 0 Å². The van der Waals surface area contributed by atoms with Crippen LogP contribution in [0.1, 0.15) is 35.6 Å². The van der Waals surface area contributed by atoms with Gasteiger partial charge in [0.05, 0.1) is 6.42 Å². The molecule has 0 aromatic heterocycles. The molecule has 0 saturated carbocycles. The Morgan fingerprint density at radius 2 is 1.74 bits per heavy atom. The molecular weight excluding hydrogens is 339 g/mol. The average Bonchev–Trinajstić information content (AvgIpc) is 2.89. The summed E-state index contributed by atoms with van der Waals surface area (Å²) < 4.78 is 13.8. The van der Waals surface area contributed by atoms with Gasteiger partial charge in [-0.3, -0.25) is 4.79 Å². The molecule has 4 rings (SSSR count). The summed E-state index contributed by atoms with van der Waals surface area (Å²) in [5.74, 6) is -1.27. The van der Waals surface area contributed by atoms with Crippen LogP contribution in [-0.4, -0.2) is 11.1 Å². The molecule has 0 spiro atoms. The number of carbonyl (C=O) groups is 1. The van der Waals surface area contributed by atoms with Crippen LogP contribution in [0.4, 0.5) is 4.39 Å². The van der Waals surface area contributed by atoms with E-state index in [0.29, 0.717) is 11.1 Å². The molecule has 0 saturated heterocycles. The predicted molar refractivity (Wildman–Crippen MR) is 108 cm³/mol. The van der Waals surface area contributed by atoms with E-state index in [1.54, 1.807) is 6.07 Å². The summed E-state index contributed by atoms with van der Waals surface area (Å²) in [5, 5.41) is 11.6. The summed E-state index contributed by atoms with van der Waals surface area (Å²) in [6, 6.07) is 17.0. The number of hydrogen-bond donors (Lipinski definition) is 1. The number of allylic oxidation sites excluding steroid dienone is 2. The van der Waals surface area contributed by atoms with Crippen LogP contribution in [0.3, 0.4) is 0 Å². The van der Waals surface area contributed by atoms with Crippen LogP contribution in [-0.2, 0) is 4.79 Å². The van der Waals surface area contributed by atoms with Crippen molar-refractivity contribution < 1.29 is 14.3 Å². The third-order valence-electron chi connectivity index (χ3n) is 5.26. The monoisotopic (exact) mass is 358 g/mol. The van der Waals surface area contributed by atoms with E-state index < -0.39 is 5.97 Å². The summed E-state index contributed by atoms with van der Waals surface area (Å²) in [4.78, 5) is 11.3. The van der Waals surface area contributed by atoms with Crippen LogP contribution in [0.15, 0.2) is 60.2 Å². The maximum atomic E-state index is 13.8. The first-order valence-electron chi connectivity index (χ1n) is 8.88. The summed E-state index contributed by atoms with van der Waals surface area (Å²) in [6.07, 6.45) is 1.97. The molecular formula is C24H19FO2. The zero-order valence-corrected chi connectivity index (χ0v) is 15.2. The molecule has 0 unspecified atom stereocenters. The van der Waals surface area contributed by atoms with Gasteiger partial charge in [0.15, 0.2) is 0 Å². The second kappa shape index (κ2) is 6.51. The molecule has 1 aliphatic rings. The first-order chi connectivity index (χ1) is 13.0. The molecule has 0 aliphatic heterocycles. The van der Waals surface area contributed by atoms with E-state index in [2.05, 4.69) is 37.3 Å². The maximum absolute atomic E-state index is 13.8. The summed E-state index contributed by atoms with van der Waals surface area (Å²) in [6.45, 7) is 4.00. The second-order valence-electron chi connectivity index (χ2n) is 6.94. The fraction of sp³-hybridized carbons (Fsp3) is 0.125. The minimum absolute atomic E-state index is 0.117. The Bertz CT molecular complexity index is 1150. The minimum atomic E-state index is -0.915. The molecule has 3 aromatic rings. The van der Waals surface area contributed by atoms with E-state index in [0.717, 1.165) is 27.7 Å². The molecule has 0 radical (unpaired) electrons. The highest BCUT2D eigenvalue weighted by Crippen LogP contribution is 2.44. The fourth-order valence-electron chi connectivity index (χ4n) is 3.89. The number of carboxylic acids is 1. The van der Waals surface area contributed by atoms with Crippen LogP contribution in [0.5, 0.6) is 0 Å². The van der Waals surface area contributed by atoms with E-state index in [4.69, 9.17) is 0 Å². The highest BCUT2D eigenvalue weighted by atomic mass is 19.1. The second-order valence-corrected chi connectivity index (χ2v) is 6.94. The molecule has 3 heteroatoms. The Kier molecular flexibility index (Phi) is 4.15. The van der Waals surface area contributed by atoms with Crippen molar-refractivity contribution >= 4 is 34.0 Å². The van der Waals surface area contributed by atoms with Gasteiger partial charge in [-0.1, -0.05) is 42.5 Å². The van der Waals surface area contributed by atoms with Gasteiger partial charge in [0.1, 0.15) is 5.82 Å². The summed E-state index contributed by atoms with van der Waals surface area (Å²) in [5.41, 5.74) is 6.36. The van der Waals surface area contributed by atoms with Crippen molar-refractivity contribution in [3.8, 4) is 0 Å². The number of fused-ring (bicyclic) bond motifs is 2. The van der Waals surface area contributed by atoms with Gasteiger partial charge in [-0.2, -0.15) is 0 Å². The van der Waals surface area contributed by atoms with Crippen LogP contribution < -0.4 is 0 Å². The molecule has 1 N–H and O–H groups in total. The molecule has 3 aromatic carbocycles. The predicted octanol–water partition coefficient (Wildman–Crippen LogP) is 6.09. The topological polar surface area (TPSA) is 37.3 Å². The lowest BCUT2D eigenvalue weighted by Crippen LogP contribution is -1.97. The van der Waals surface area contributed by atoms with E-state index in [-0.39, 0.29) is 12.2 Å². The lowest BCUT2D eigenvalue weighted by atomic mass is 9.96. The number of aliphatic carboxylic acids is 1. The molecule has 27 heavy (non-hydrogen) atoms. The third-order valence-corrected chi connectivity index (χ3v) is 5.26. The smallest absolute Gasteiger partial charge is 0.307 e. The quantitative estimate of drug-likeness (QED) is 0.615. The zero-order chi connectivity index (χ0) is 19.1. The van der Waals surface area contributed by atoms with E-state index >= 15 is 0 Å². The normalized spacial score (nSPS) is 14.9. The van der Waals surface area contributed by atoms with Crippen molar-refractivity contribution in [2.45, 2.75) is 20.3 Å². The van der Waals surface area contributed by atoms with Crippen LogP contribution in [0.2, 0.25) is 0 Å². The van der Waals surface area contributed by atoms with Gasteiger partial charge in [0.2, 0.25) is 0 Å². The Morgan fingerprint density at radius 3 is 2.48 bits per heavy atom. The Balaban J connectivity index is 1.96. The molecule has 134 valence electrons.